The molecule has 0 unspecified atom stereocenters. The van der Waals surface area contributed by atoms with Crippen LogP contribution in [0.25, 0.3) is 22.6 Å². The average molecular weight is 459 g/mol. The van der Waals surface area contributed by atoms with Gasteiger partial charge in [-0.1, -0.05) is 19.9 Å². The van der Waals surface area contributed by atoms with Gasteiger partial charge in [0.1, 0.15) is 18.1 Å². The number of aromatic nitrogens is 2. The molecule has 2 heterocycles. The molecule has 110 valence electrons. The highest BCUT2D eigenvalue weighted by molar-refractivity contribution is 9.10. The molecule has 21 heavy (non-hydrogen) atoms. The van der Waals surface area contributed by atoms with Crippen LogP contribution in [0, 0.1) is 0 Å². The third-order valence-electron chi connectivity index (χ3n) is 3.29. The highest BCUT2D eigenvalue weighted by Gasteiger charge is 2.13. The van der Waals surface area contributed by atoms with Gasteiger partial charge in [0.05, 0.1) is 4.47 Å². The lowest BCUT2D eigenvalue weighted by Gasteiger charge is -2.02. The molecule has 3 aromatic rings. The lowest BCUT2D eigenvalue weighted by molar-refractivity contribution is -0.671. The van der Waals surface area contributed by atoms with Crippen LogP contribution in [0.3, 0.4) is 0 Å². The van der Waals surface area contributed by atoms with Crippen molar-refractivity contribution in [3.8, 4) is 11.5 Å². The van der Waals surface area contributed by atoms with Crippen LogP contribution in [0.15, 0.2) is 45.5 Å². The third-order valence-corrected chi connectivity index (χ3v) is 3.72. The maximum atomic E-state index is 5.85. The van der Waals surface area contributed by atoms with Gasteiger partial charge in [-0.3, -0.25) is 0 Å². The summed E-state index contributed by atoms with van der Waals surface area (Å²) in [4.78, 5) is 4.61. The lowest BCUT2D eigenvalue weighted by atomic mass is 10.0. The van der Waals surface area contributed by atoms with Gasteiger partial charge in [-0.25, -0.2) is 9.55 Å². The molecule has 0 saturated heterocycles. The van der Waals surface area contributed by atoms with E-state index in [0.29, 0.717) is 11.8 Å². The Morgan fingerprint density at radius 3 is 2.62 bits per heavy atom. The van der Waals surface area contributed by atoms with E-state index in [1.165, 1.54) is 5.56 Å². The van der Waals surface area contributed by atoms with Crippen LogP contribution in [-0.2, 0) is 7.05 Å². The molecule has 0 saturated carbocycles. The number of hydrogen-bond donors (Lipinski definition) is 0. The van der Waals surface area contributed by atoms with Gasteiger partial charge in [0.15, 0.2) is 18.0 Å². The van der Waals surface area contributed by atoms with Crippen LogP contribution in [-0.4, -0.2) is 4.98 Å². The van der Waals surface area contributed by atoms with E-state index in [2.05, 4.69) is 46.9 Å². The minimum atomic E-state index is 0. The van der Waals surface area contributed by atoms with E-state index in [-0.39, 0.29) is 24.0 Å². The molecule has 0 aliphatic rings. The summed E-state index contributed by atoms with van der Waals surface area (Å²) in [5, 5.41) is 0. The van der Waals surface area contributed by atoms with Crippen LogP contribution >= 0.6 is 15.9 Å². The Balaban J connectivity index is 0.00000161. The van der Waals surface area contributed by atoms with E-state index < -0.39 is 0 Å². The summed E-state index contributed by atoms with van der Waals surface area (Å²) in [7, 11) is 1.98. The minimum Gasteiger partial charge on any atom is -1.00 e. The molecule has 1 aromatic carbocycles. The molecule has 5 heteroatoms. The van der Waals surface area contributed by atoms with Crippen LogP contribution < -0.4 is 28.5 Å². The molecule has 0 fully saturated rings. The first-order valence-corrected chi connectivity index (χ1v) is 7.39. The Bertz CT molecular complexity index is 763. The maximum Gasteiger partial charge on any atom is 0.233 e. The number of oxazole rings is 1. The Morgan fingerprint density at radius 1 is 1.19 bits per heavy atom. The Morgan fingerprint density at radius 2 is 1.95 bits per heavy atom. The van der Waals surface area contributed by atoms with Crippen molar-refractivity contribution >= 4 is 27.0 Å². The van der Waals surface area contributed by atoms with Gasteiger partial charge in [0.25, 0.3) is 0 Å². The number of hydrogen-bond acceptors (Lipinski definition) is 2. The summed E-state index contributed by atoms with van der Waals surface area (Å²) in [5.74, 6) is 1.14. The number of aryl methyl sites for hydroxylation is 1. The summed E-state index contributed by atoms with van der Waals surface area (Å²) >= 11 is 3.49. The zero-order valence-electron chi connectivity index (χ0n) is 12.1. The van der Waals surface area contributed by atoms with Crippen LogP contribution in [0.1, 0.15) is 25.3 Å². The molecule has 0 atom stereocenters. The molecule has 0 radical (unpaired) electrons. The van der Waals surface area contributed by atoms with Crippen molar-refractivity contribution in [2.24, 2.45) is 7.05 Å². The molecule has 0 N–H and O–H groups in total. The molecule has 0 bridgehead atoms. The standard InChI is InChI=1S/C16H16BrN2O.HI/c1-10(2)11-4-5-15-14(7-11)18-16(20-15)12-6-13(17)9-19(3)8-12;/h4-10H,1-3H3;1H/q+1;/p-1. The second-order valence-corrected chi connectivity index (χ2v) is 6.22. The normalized spacial score (nSPS) is 10.9. The van der Waals surface area contributed by atoms with Gasteiger partial charge in [-0.15, -0.1) is 0 Å². The average Bonchev–Trinajstić information content (AvgIpc) is 2.80. The lowest BCUT2D eigenvalue weighted by Crippen LogP contribution is -3.00. The van der Waals surface area contributed by atoms with Crippen molar-refractivity contribution in [3.05, 3.63) is 46.7 Å². The first-order valence-electron chi connectivity index (χ1n) is 6.59. The van der Waals surface area contributed by atoms with Crippen LogP contribution in [0.4, 0.5) is 0 Å². The molecular formula is C16H16BrIN2O. The number of pyridine rings is 1. The smallest absolute Gasteiger partial charge is 0.233 e. The second-order valence-electron chi connectivity index (χ2n) is 5.31. The summed E-state index contributed by atoms with van der Waals surface area (Å²) in [5.41, 5.74) is 3.97. The summed E-state index contributed by atoms with van der Waals surface area (Å²) in [6.07, 6.45) is 3.99. The number of benzene rings is 1. The third kappa shape index (κ3) is 3.45. The summed E-state index contributed by atoms with van der Waals surface area (Å²) in [6.45, 7) is 4.35. The van der Waals surface area contributed by atoms with Crippen LogP contribution in [0.5, 0.6) is 0 Å². The minimum absolute atomic E-state index is 0. The maximum absolute atomic E-state index is 5.85. The first-order chi connectivity index (χ1) is 9.52. The largest absolute Gasteiger partial charge is 1.00 e. The van der Waals surface area contributed by atoms with E-state index in [1.807, 2.05) is 36.1 Å². The van der Waals surface area contributed by atoms with Crippen molar-refractivity contribution < 1.29 is 33.0 Å². The Hall–Kier alpha value is -0.950. The SMILES string of the molecule is CC(C)c1ccc2oc(-c3cc(Br)c[n+](C)c3)nc2c1.[I-]. The van der Waals surface area contributed by atoms with Crippen molar-refractivity contribution in [1.82, 2.24) is 4.98 Å². The molecule has 2 aromatic heterocycles. The molecule has 0 aliphatic carbocycles. The van der Waals surface area contributed by atoms with E-state index in [0.717, 1.165) is 21.1 Å². The van der Waals surface area contributed by atoms with Gasteiger partial charge in [0, 0.05) is 0 Å². The Labute approximate surface area is 149 Å². The predicted molar refractivity (Wildman–Crippen MR) is 82.4 cm³/mol. The predicted octanol–water partition coefficient (Wildman–Crippen LogP) is 1.21. The first kappa shape index (κ1) is 16.4. The van der Waals surface area contributed by atoms with E-state index in [4.69, 9.17) is 4.42 Å². The van der Waals surface area contributed by atoms with E-state index in [9.17, 15) is 0 Å². The zero-order chi connectivity index (χ0) is 14.3. The van der Waals surface area contributed by atoms with E-state index >= 15 is 0 Å². The number of halogens is 2. The second kappa shape index (κ2) is 6.44. The van der Waals surface area contributed by atoms with Crippen molar-refractivity contribution in [1.29, 1.82) is 0 Å². The number of nitrogens with zero attached hydrogens (tertiary/aromatic N) is 2. The quantitative estimate of drug-likeness (QED) is 0.427. The van der Waals surface area contributed by atoms with Gasteiger partial charge in [-0.05, 0) is 45.6 Å². The van der Waals surface area contributed by atoms with Crippen molar-refractivity contribution in [2.45, 2.75) is 19.8 Å². The fraction of sp³-hybridized carbons (Fsp3) is 0.250. The fourth-order valence-electron chi connectivity index (χ4n) is 2.22. The van der Waals surface area contributed by atoms with E-state index in [1.54, 1.807) is 0 Å². The zero-order valence-corrected chi connectivity index (χ0v) is 15.8. The van der Waals surface area contributed by atoms with Crippen LogP contribution in [0.2, 0.25) is 0 Å². The molecule has 0 spiro atoms. The molecule has 0 amide bonds. The highest BCUT2D eigenvalue weighted by Crippen LogP contribution is 2.27. The van der Waals surface area contributed by atoms with Gasteiger partial charge in [-0.2, -0.15) is 0 Å². The van der Waals surface area contributed by atoms with Crippen molar-refractivity contribution in [2.75, 3.05) is 0 Å². The molecule has 0 aliphatic heterocycles. The number of rotatable bonds is 2. The monoisotopic (exact) mass is 458 g/mol. The van der Waals surface area contributed by atoms with Gasteiger partial charge >= 0.3 is 0 Å². The van der Waals surface area contributed by atoms with Crippen molar-refractivity contribution in [3.63, 3.8) is 0 Å². The molecular weight excluding hydrogens is 443 g/mol. The summed E-state index contributed by atoms with van der Waals surface area (Å²) in [6, 6.07) is 8.21. The molecule has 3 nitrogen and oxygen atoms in total. The summed E-state index contributed by atoms with van der Waals surface area (Å²) < 4.78 is 8.84. The topological polar surface area (TPSA) is 29.9 Å². The fourth-order valence-corrected chi connectivity index (χ4v) is 2.79. The Kier molecular flexibility index (Phi) is 5.03. The van der Waals surface area contributed by atoms with Gasteiger partial charge < -0.3 is 28.4 Å². The number of fused-ring (bicyclic) bond motifs is 1. The molecule has 3 rings (SSSR count). The highest BCUT2D eigenvalue weighted by atomic mass is 127. The van der Waals surface area contributed by atoms with Gasteiger partial charge in [0.2, 0.25) is 5.89 Å².